The van der Waals surface area contributed by atoms with Crippen LogP contribution in [0.25, 0.3) is 0 Å². The molecule has 2 atom stereocenters. The Morgan fingerprint density at radius 2 is 2.33 bits per heavy atom. The first-order chi connectivity index (χ1) is 8.61. The van der Waals surface area contributed by atoms with Gasteiger partial charge in [0.2, 0.25) is 5.91 Å². The van der Waals surface area contributed by atoms with Crippen LogP contribution in [-0.4, -0.2) is 38.3 Å². The molecule has 4 N–H and O–H groups in total. The lowest BCUT2D eigenvalue weighted by molar-refractivity contribution is 0.1000. The maximum absolute atomic E-state index is 11.1. The Kier molecular flexibility index (Phi) is 4.21. The summed E-state index contributed by atoms with van der Waals surface area (Å²) in [6, 6.07) is 5.48. The lowest BCUT2D eigenvalue weighted by Crippen LogP contribution is -2.33. The quantitative estimate of drug-likeness (QED) is 0.773. The molecule has 98 valence electrons. The molecule has 5 nitrogen and oxygen atoms in total. The Morgan fingerprint density at radius 1 is 1.56 bits per heavy atom. The maximum atomic E-state index is 11.1. The molecule has 1 aromatic rings. The lowest BCUT2D eigenvalue weighted by atomic mass is 10.1. The van der Waals surface area contributed by atoms with E-state index in [4.69, 9.17) is 10.5 Å². The van der Waals surface area contributed by atoms with Gasteiger partial charge in [0.15, 0.2) is 0 Å². The second kappa shape index (κ2) is 5.69. The van der Waals surface area contributed by atoms with Crippen molar-refractivity contribution >= 4 is 27.5 Å². The van der Waals surface area contributed by atoms with E-state index in [0.717, 1.165) is 23.2 Å². The van der Waals surface area contributed by atoms with Gasteiger partial charge in [0.25, 0.3) is 0 Å². The second-order valence-corrected chi connectivity index (χ2v) is 5.10. The van der Waals surface area contributed by atoms with Gasteiger partial charge >= 0.3 is 0 Å². The number of carbonyl (C=O) groups excluding carboxylic acids is 1. The molecule has 0 aliphatic carbocycles. The van der Waals surface area contributed by atoms with Crippen molar-refractivity contribution in [2.45, 2.75) is 12.1 Å². The zero-order chi connectivity index (χ0) is 13.1. The normalized spacial score (nSPS) is 23.0. The van der Waals surface area contributed by atoms with Crippen molar-refractivity contribution in [2.24, 2.45) is 5.73 Å². The molecular weight excluding hydrogens is 298 g/mol. The first-order valence-corrected chi connectivity index (χ1v) is 6.50. The minimum atomic E-state index is -0.431. The third kappa shape index (κ3) is 2.82. The van der Waals surface area contributed by atoms with Crippen LogP contribution < -0.4 is 16.4 Å². The van der Waals surface area contributed by atoms with E-state index in [1.165, 1.54) is 0 Å². The van der Waals surface area contributed by atoms with Crippen LogP contribution in [0.4, 0.5) is 5.69 Å². The molecule has 0 bridgehead atoms. The van der Waals surface area contributed by atoms with Gasteiger partial charge in [-0.25, -0.2) is 0 Å². The van der Waals surface area contributed by atoms with Gasteiger partial charge in [-0.1, -0.05) is 0 Å². The van der Waals surface area contributed by atoms with Crippen molar-refractivity contribution in [1.29, 1.82) is 0 Å². The molecule has 1 aliphatic heterocycles. The molecule has 2 rings (SSSR count). The molecular formula is C12H16BrN3O2. The lowest BCUT2D eigenvalue weighted by Gasteiger charge is -2.20. The summed E-state index contributed by atoms with van der Waals surface area (Å²) in [5.41, 5.74) is 6.64. The van der Waals surface area contributed by atoms with Crippen LogP contribution in [-0.2, 0) is 4.74 Å². The number of methoxy groups -OCH3 is 1. The third-order valence-corrected chi connectivity index (χ3v) is 3.71. The fourth-order valence-corrected chi connectivity index (χ4v) is 2.52. The summed E-state index contributed by atoms with van der Waals surface area (Å²) in [7, 11) is 1.71. The van der Waals surface area contributed by atoms with Crippen molar-refractivity contribution in [1.82, 2.24) is 5.32 Å². The fraction of sp³-hybridized carbons (Fsp3) is 0.417. The highest BCUT2D eigenvalue weighted by molar-refractivity contribution is 9.10. The molecule has 18 heavy (non-hydrogen) atoms. The average Bonchev–Trinajstić information content (AvgIpc) is 2.78. The summed E-state index contributed by atoms with van der Waals surface area (Å²) in [6.07, 6.45) is 0.146. The third-order valence-electron chi connectivity index (χ3n) is 3.06. The molecule has 1 aliphatic rings. The van der Waals surface area contributed by atoms with Crippen molar-refractivity contribution in [2.75, 3.05) is 25.5 Å². The number of benzene rings is 1. The highest BCUT2D eigenvalue weighted by Gasteiger charge is 2.27. The van der Waals surface area contributed by atoms with Crippen LogP contribution in [0.15, 0.2) is 22.7 Å². The molecule has 1 unspecified atom stereocenters. The van der Waals surface area contributed by atoms with E-state index in [-0.39, 0.29) is 12.1 Å². The summed E-state index contributed by atoms with van der Waals surface area (Å²) in [5, 5.41) is 6.66. The predicted octanol–water partition coefficient (Wildman–Crippen LogP) is 0.947. The van der Waals surface area contributed by atoms with E-state index in [1.807, 2.05) is 6.07 Å². The predicted molar refractivity (Wildman–Crippen MR) is 73.7 cm³/mol. The van der Waals surface area contributed by atoms with E-state index in [2.05, 4.69) is 26.6 Å². The molecule has 0 aromatic heterocycles. The summed E-state index contributed by atoms with van der Waals surface area (Å²) < 4.78 is 6.20. The average molecular weight is 314 g/mol. The van der Waals surface area contributed by atoms with Crippen LogP contribution in [0, 0.1) is 0 Å². The number of rotatable bonds is 4. The summed E-state index contributed by atoms with van der Waals surface area (Å²) in [6.45, 7) is 1.69. The molecule has 0 saturated carbocycles. The smallest absolute Gasteiger partial charge is 0.248 e. The van der Waals surface area contributed by atoms with E-state index >= 15 is 0 Å². The van der Waals surface area contributed by atoms with Gasteiger partial charge in [0, 0.05) is 35.9 Å². The second-order valence-electron chi connectivity index (χ2n) is 4.24. The number of primary amides is 1. The van der Waals surface area contributed by atoms with Crippen molar-refractivity contribution in [3.8, 4) is 0 Å². The molecule has 6 heteroatoms. The Bertz CT molecular complexity index is 453. The number of amides is 1. The first-order valence-electron chi connectivity index (χ1n) is 5.71. The molecule has 1 amide bonds. The van der Waals surface area contributed by atoms with Gasteiger partial charge in [-0.05, 0) is 34.1 Å². The molecule has 0 radical (unpaired) electrons. The van der Waals surface area contributed by atoms with E-state index in [0.29, 0.717) is 5.56 Å². The number of carbonyl (C=O) groups is 1. The number of nitrogens with one attached hydrogen (secondary N) is 2. The number of hydrogen-bond acceptors (Lipinski definition) is 4. The Hall–Kier alpha value is -1.11. The van der Waals surface area contributed by atoms with Crippen LogP contribution in [0.5, 0.6) is 0 Å². The number of halogens is 1. The molecule has 0 spiro atoms. The highest BCUT2D eigenvalue weighted by atomic mass is 79.9. The van der Waals surface area contributed by atoms with Crippen LogP contribution in [0.2, 0.25) is 0 Å². The Morgan fingerprint density at radius 3 is 2.94 bits per heavy atom. The van der Waals surface area contributed by atoms with Crippen LogP contribution in [0.3, 0.4) is 0 Å². The molecule has 1 aromatic carbocycles. The SMILES string of the molecule is CO[C@H]1CNCC1Nc1ccc(C(N)=O)cc1Br. The maximum Gasteiger partial charge on any atom is 0.248 e. The molecule has 1 fully saturated rings. The monoisotopic (exact) mass is 313 g/mol. The van der Waals surface area contributed by atoms with Gasteiger partial charge < -0.3 is 21.1 Å². The summed E-state index contributed by atoms with van der Waals surface area (Å²) in [4.78, 5) is 11.1. The largest absolute Gasteiger partial charge is 0.378 e. The zero-order valence-electron chi connectivity index (χ0n) is 10.1. The summed E-state index contributed by atoms with van der Waals surface area (Å²) in [5.74, 6) is -0.431. The minimum Gasteiger partial charge on any atom is -0.378 e. The molecule has 1 saturated heterocycles. The van der Waals surface area contributed by atoms with Gasteiger partial charge in [-0.3, -0.25) is 4.79 Å². The number of ether oxygens (including phenoxy) is 1. The fourth-order valence-electron chi connectivity index (χ4n) is 2.03. The van der Waals surface area contributed by atoms with E-state index < -0.39 is 5.91 Å². The molecule has 1 heterocycles. The summed E-state index contributed by atoms with van der Waals surface area (Å²) >= 11 is 3.43. The van der Waals surface area contributed by atoms with Crippen molar-refractivity contribution in [3.05, 3.63) is 28.2 Å². The zero-order valence-corrected chi connectivity index (χ0v) is 11.7. The van der Waals surface area contributed by atoms with Crippen LogP contribution >= 0.6 is 15.9 Å². The van der Waals surface area contributed by atoms with Gasteiger partial charge in [0.1, 0.15) is 0 Å². The van der Waals surface area contributed by atoms with Gasteiger partial charge in [-0.15, -0.1) is 0 Å². The standard InChI is InChI=1S/C12H16BrN3O2/c1-18-11-6-15-5-10(11)16-9-3-2-7(12(14)17)4-8(9)13/h2-4,10-11,15-16H,5-6H2,1H3,(H2,14,17)/t10?,11-/m0/s1. The minimum absolute atomic E-state index is 0.146. The van der Waals surface area contributed by atoms with E-state index in [1.54, 1.807) is 19.2 Å². The Balaban J connectivity index is 2.12. The van der Waals surface area contributed by atoms with E-state index in [9.17, 15) is 4.79 Å². The number of nitrogens with two attached hydrogens (primary N) is 1. The topological polar surface area (TPSA) is 76.4 Å². The number of hydrogen-bond donors (Lipinski definition) is 3. The van der Waals surface area contributed by atoms with Gasteiger partial charge in [-0.2, -0.15) is 0 Å². The first kappa shape index (κ1) is 13.3. The van der Waals surface area contributed by atoms with Crippen LogP contribution in [0.1, 0.15) is 10.4 Å². The van der Waals surface area contributed by atoms with Crippen molar-refractivity contribution < 1.29 is 9.53 Å². The highest BCUT2D eigenvalue weighted by Crippen LogP contribution is 2.25. The van der Waals surface area contributed by atoms with Gasteiger partial charge in [0.05, 0.1) is 12.1 Å². The van der Waals surface area contributed by atoms with Crippen molar-refractivity contribution in [3.63, 3.8) is 0 Å². The number of anilines is 1. The Labute approximate surface area is 114 Å².